The molecule has 0 fully saturated rings. The molecule has 1 N–H and O–H groups in total. The number of nitro groups is 1. The van der Waals surface area contributed by atoms with Crippen molar-refractivity contribution in [3.63, 3.8) is 0 Å². The van der Waals surface area contributed by atoms with Gasteiger partial charge in [-0.2, -0.15) is 0 Å². The van der Waals surface area contributed by atoms with Crippen LogP contribution in [0, 0.1) is 17.0 Å². The molecule has 5 aromatic rings. The lowest BCUT2D eigenvalue weighted by atomic mass is 9.88. The van der Waals surface area contributed by atoms with Crippen molar-refractivity contribution < 1.29 is 9.72 Å². The van der Waals surface area contributed by atoms with Gasteiger partial charge in [-0.3, -0.25) is 19.3 Å². The Hall–Kier alpha value is -4.30. The van der Waals surface area contributed by atoms with Crippen LogP contribution < -0.4 is 5.32 Å². The van der Waals surface area contributed by atoms with Gasteiger partial charge >= 0.3 is 0 Å². The molecule has 0 aliphatic heterocycles. The number of carbonyl (C=O) groups is 1. The predicted molar refractivity (Wildman–Crippen MR) is 142 cm³/mol. The molecule has 8 heteroatoms. The van der Waals surface area contributed by atoms with Gasteiger partial charge in [0.15, 0.2) is 4.96 Å². The number of aryl methyl sites for hydroxylation is 1. The lowest BCUT2D eigenvalue weighted by Crippen LogP contribution is -2.25. The van der Waals surface area contributed by atoms with E-state index < -0.39 is 4.92 Å². The maximum Gasteiger partial charge on any atom is 0.270 e. The molecule has 0 saturated carbocycles. The van der Waals surface area contributed by atoms with Gasteiger partial charge in [0.25, 0.3) is 11.6 Å². The lowest BCUT2D eigenvalue weighted by molar-refractivity contribution is -0.384. The summed E-state index contributed by atoms with van der Waals surface area (Å²) in [4.78, 5) is 29.6. The Kier molecular flexibility index (Phi) is 6.60. The van der Waals surface area contributed by atoms with Gasteiger partial charge in [-0.15, -0.1) is 0 Å². The molecule has 36 heavy (non-hydrogen) atoms. The largest absolute Gasteiger partial charge is 0.351 e. The first-order valence-corrected chi connectivity index (χ1v) is 12.4. The van der Waals surface area contributed by atoms with E-state index in [9.17, 15) is 14.9 Å². The van der Waals surface area contributed by atoms with Crippen molar-refractivity contribution in [1.82, 2.24) is 14.7 Å². The van der Waals surface area contributed by atoms with Crippen LogP contribution in [0.3, 0.4) is 0 Å². The number of rotatable bonds is 8. The van der Waals surface area contributed by atoms with Gasteiger partial charge in [0.1, 0.15) is 4.88 Å². The van der Waals surface area contributed by atoms with E-state index in [1.807, 2.05) is 53.9 Å². The van der Waals surface area contributed by atoms with Gasteiger partial charge in [-0.25, -0.2) is 4.98 Å². The van der Waals surface area contributed by atoms with Gasteiger partial charge in [-0.1, -0.05) is 84.1 Å². The Bertz CT molecular complexity index is 1490. The Balaban J connectivity index is 1.31. The van der Waals surface area contributed by atoms with Crippen molar-refractivity contribution >= 4 is 27.9 Å². The third-order valence-corrected chi connectivity index (χ3v) is 7.39. The highest BCUT2D eigenvalue weighted by atomic mass is 32.1. The quantitative estimate of drug-likeness (QED) is 0.204. The van der Waals surface area contributed by atoms with Crippen LogP contribution in [0.15, 0.2) is 91.1 Å². The molecule has 0 aliphatic rings. The number of hydrogen-bond donors (Lipinski definition) is 1. The van der Waals surface area contributed by atoms with E-state index in [2.05, 4.69) is 34.6 Å². The normalized spacial score (nSPS) is 11.2. The number of non-ortho nitro benzene ring substituents is 1. The molecule has 2 aromatic heterocycles. The van der Waals surface area contributed by atoms with Gasteiger partial charge in [0.2, 0.25) is 0 Å². The van der Waals surface area contributed by atoms with Crippen molar-refractivity contribution in [3.8, 4) is 11.3 Å². The number of amides is 1. The summed E-state index contributed by atoms with van der Waals surface area (Å²) in [5.74, 6) is 0.0618. The van der Waals surface area contributed by atoms with Crippen molar-refractivity contribution in [2.24, 2.45) is 0 Å². The molecule has 0 unspecified atom stereocenters. The van der Waals surface area contributed by atoms with Gasteiger partial charge < -0.3 is 5.32 Å². The van der Waals surface area contributed by atoms with E-state index in [1.54, 1.807) is 12.1 Å². The smallest absolute Gasteiger partial charge is 0.270 e. The number of aromatic nitrogens is 2. The molecule has 0 radical (unpaired) electrons. The number of carbonyl (C=O) groups excluding carboxylic acids is 1. The third-order valence-electron chi connectivity index (χ3n) is 6.24. The van der Waals surface area contributed by atoms with Crippen LogP contribution in [0.25, 0.3) is 16.2 Å². The zero-order chi connectivity index (χ0) is 25.1. The molecule has 3 aromatic carbocycles. The van der Waals surface area contributed by atoms with E-state index in [0.717, 1.165) is 12.1 Å². The fourth-order valence-electron chi connectivity index (χ4n) is 4.39. The van der Waals surface area contributed by atoms with Crippen LogP contribution in [0.2, 0.25) is 0 Å². The highest BCUT2D eigenvalue weighted by Crippen LogP contribution is 2.30. The van der Waals surface area contributed by atoms with E-state index >= 15 is 0 Å². The number of imidazole rings is 1. The maximum absolute atomic E-state index is 13.0. The summed E-state index contributed by atoms with van der Waals surface area (Å²) in [7, 11) is 0. The Morgan fingerprint density at radius 2 is 1.69 bits per heavy atom. The van der Waals surface area contributed by atoms with Crippen LogP contribution in [0.5, 0.6) is 0 Å². The van der Waals surface area contributed by atoms with Crippen LogP contribution in [-0.4, -0.2) is 26.8 Å². The zero-order valence-corrected chi connectivity index (χ0v) is 20.4. The number of hydrogen-bond acceptors (Lipinski definition) is 5. The molecule has 0 aliphatic carbocycles. The Labute approximate surface area is 212 Å². The molecule has 1 amide bonds. The summed E-state index contributed by atoms with van der Waals surface area (Å²) < 4.78 is 1.87. The second-order valence-electron chi connectivity index (χ2n) is 8.52. The second kappa shape index (κ2) is 10.1. The number of nitrogens with zero attached hydrogens (tertiary/aromatic N) is 3. The van der Waals surface area contributed by atoms with Crippen molar-refractivity contribution in [2.45, 2.75) is 19.3 Å². The van der Waals surface area contributed by atoms with E-state index in [0.29, 0.717) is 27.6 Å². The molecular formula is C28H24N4O3S. The predicted octanol–water partition coefficient (Wildman–Crippen LogP) is 6.23. The number of benzene rings is 3. The van der Waals surface area contributed by atoms with Crippen LogP contribution in [0.4, 0.5) is 5.69 Å². The first-order valence-electron chi connectivity index (χ1n) is 11.6. The summed E-state index contributed by atoms with van der Waals surface area (Å²) in [6, 6.07) is 27.0. The van der Waals surface area contributed by atoms with Crippen molar-refractivity contribution in [2.75, 3.05) is 6.54 Å². The molecule has 5 rings (SSSR count). The number of thiazole rings is 1. The standard InChI is InChI=1S/C28H24N4O3S/c1-19-26(36-28-30-25(18-31(19)28)22-13-8-14-23(17-22)32(34)35)27(33)29-16-15-24(20-9-4-2-5-10-20)21-11-6-3-7-12-21/h2-14,17-18,24H,15-16H2,1H3,(H,29,33). The second-order valence-corrected chi connectivity index (χ2v) is 9.50. The Morgan fingerprint density at radius 1 is 1.03 bits per heavy atom. The molecule has 0 spiro atoms. The summed E-state index contributed by atoms with van der Waals surface area (Å²) in [6.45, 7) is 2.42. The maximum atomic E-state index is 13.0. The zero-order valence-electron chi connectivity index (χ0n) is 19.6. The van der Waals surface area contributed by atoms with Crippen LogP contribution in [0.1, 0.15) is 38.8 Å². The first kappa shape index (κ1) is 23.4. The highest BCUT2D eigenvalue weighted by molar-refractivity contribution is 7.19. The highest BCUT2D eigenvalue weighted by Gasteiger charge is 2.20. The van der Waals surface area contributed by atoms with E-state index in [1.165, 1.54) is 34.6 Å². The third kappa shape index (κ3) is 4.76. The molecule has 2 heterocycles. The fourth-order valence-corrected chi connectivity index (χ4v) is 5.41. The lowest BCUT2D eigenvalue weighted by Gasteiger charge is -2.18. The SMILES string of the molecule is Cc1c(C(=O)NCCC(c2ccccc2)c2ccccc2)sc2nc(-c3cccc([N+](=O)[O-])c3)cn12. The van der Waals surface area contributed by atoms with Crippen LogP contribution in [-0.2, 0) is 0 Å². The average Bonchev–Trinajstić information content (AvgIpc) is 3.47. The summed E-state index contributed by atoms with van der Waals surface area (Å²) in [5, 5.41) is 14.2. The van der Waals surface area contributed by atoms with Gasteiger partial charge in [0, 0.05) is 42.0 Å². The molecule has 0 bridgehead atoms. The van der Waals surface area contributed by atoms with Crippen LogP contribution >= 0.6 is 11.3 Å². The number of nitrogens with one attached hydrogen (secondary N) is 1. The molecule has 180 valence electrons. The fraction of sp³-hybridized carbons (Fsp3) is 0.143. The van der Waals surface area contributed by atoms with Crippen molar-refractivity contribution in [3.05, 3.63) is 123 Å². The molecule has 7 nitrogen and oxygen atoms in total. The van der Waals surface area contributed by atoms with Gasteiger partial charge in [-0.05, 0) is 24.5 Å². The topological polar surface area (TPSA) is 89.5 Å². The molecule has 0 atom stereocenters. The average molecular weight is 497 g/mol. The summed E-state index contributed by atoms with van der Waals surface area (Å²) in [5.41, 5.74) is 4.55. The number of fused-ring (bicyclic) bond motifs is 1. The summed E-state index contributed by atoms with van der Waals surface area (Å²) in [6.07, 6.45) is 2.59. The number of nitro benzene ring substituents is 1. The van der Waals surface area contributed by atoms with E-state index in [4.69, 9.17) is 0 Å². The minimum atomic E-state index is -0.421. The van der Waals surface area contributed by atoms with E-state index in [-0.39, 0.29) is 17.5 Å². The summed E-state index contributed by atoms with van der Waals surface area (Å²) >= 11 is 1.32. The minimum absolute atomic E-state index is 0.0185. The Morgan fingerprint density at radius 3 is 2.31 bits per heavy atom. The first-order chi connectivity index (χ1) is 17.5. The molecule has 0 saturated heterocycles. The van der Waals surface area contributed by atoms with Gasteiger partial charge in [0.05, 0.1) is 10.6 Å². The molecular weight excluding hydrogens is 472 g/mol. The monoisotopic (exact) mass is 496 g/mol. The van der Waals surface area contributed by atoms with Crippen molar-refractivity contribution in [1.29, 1.82) is 0 Å². The minimum Gasteiger partial charge on any atom is -0.351 e.